The van der Waals surface area contributed by atoms with Crippen LogP contribution < -0.4 is 10.5 Å². The van der Waals surface area contributed by atoms with Crippen LogP contribution in [0.15, 0.2) is 51.7 Å². The number of hydrogen-bond acceptors (Lipinski definition) is 6. The van der Waals surface area contributed by atoms with E-state index < -0.39 is 59.3 Å². The predicted molar refractivity (Wildman–Crippen MR) is 139 cm³/mol. The molecule has 0 aliphatic carbocycles. The van der Waals surface area contributed by atoms with Crippen LogP contribution in [0.25, 0.3) is 11.3 Å². The molecule has 0 radical (unpaired) electrons. The fourth-order valence-electron chi connectivity index (χ4n) is 3.93. The van der Waals surface area contributed by atoms with Crippen molar-refractivity contribution in [3.8, 4) is 17.0 Å². The number of oxazole rings is 1. The molecule has 4 rings (SSSR count). The number of alkyl halides is 3. The summed E-state index contributed by atoms with van der Waals surface area (Å²) in [5.41, 5.74) is 4.57. The fourth-order valence-corrected chi connectivity index (χ4v) is 4.42. The van der Waals surface area contributed by atoms with Gasteiger partial charge in [0.25, 0.3) is 5.91 Å². The number of carboxylic acid groups (broad SMARTS) is 1. The number of aromatic nitrogens is 3. The fraction of sp³-hybridized carbons (Fsp3) is 0.231. The second kappa shape index (κ2) is 11.8. The monoisotopic (exact) mass is 657 g/mol. The van der Waals surface area contributed by atoms with E-state index in [0.29, 0.717) is 11.3 Å². The number of benzene rings is 2. The molecular weight excluding hydrogens is 637 g/mol. The van der Waals surface area contributed by atoms with Crippen molar-refractivity contribution in [1.82, 2.24) is 19.7 Å². The number of carbonyl (C=O) groups is 2. The van der Waals surface area contributed by atoms with Gasteiger partial charge in [-0.25, -0.2) is 18.6 Å². The van der Waals surface area contributed by atoms with Gasteiger partial charge in [-0.05, 0) is 47.1 Å². The molecule has 0 aliphatic heterocycles. The highest BCUT2D eigenvalue weighted by Crippen LogP contribution is 2.36. The Morgan fingerprint density at radius 2 is 1.86 bits per heavy atom. The second-order valence-corrected chi connectivity index (χ2v) is 9.72. The molecule has 4 aromatic rings. The van der Waals surface area contributed by atoms with Gasteiger partial charge in [-0.1, -0.05) is 12.1 Å². The van der Waals surface area contributed by atoms with Gasteiger partial charge < -0.3 is 20.0 Å². The average molecular weight is 658 g/mol. The first-order valence-corrected chi connectivity index (χ1v) is 12.7. The molecule has 42 heavy (non-hydrogen) atoms. The lowest BCUT2D eigenvalue weighted by atomic mass is 10.1. The summed E-state index contributed by atoms with van der Waals surface area (Å²) in [6, 6.07) is 5.59. The molecule has 0 saturated heterocycles. The van der Waals surface area contributed by atoms with Crippen LogP contribution in [-0.4, -0.2) is 43.3 Å². The molecule has 16 heteroatoms. The van der Waals surface area contributed by atoms with Crippen LogP contribution in [0.5, 0.6) is 5.75 Å². The summed E-state index contributed by atoms with van der Waals surface area (Å²) in [5.74, 6) is -5.06. The van der Waals surface area contributed by atoms with Gasteiger partial charge in [0.05, 0.1) is 24.8 Å². The zero-order valence-corrected chi connectivity index (χ0v) is 23.3. The molecule has 10 nitrogen and oxygen atoms in total. The van der Waals surface area contributed by atoms with Gasteiger partial charge >= 0.3 is 12.3 Å². The maximum atomic E-state index is 15.1. The van der Waals surface area contributed by atoms with Crippen LogP contribution in [-0.2, 0) is 19.8 Å². The van der Waals surface area contributed by atoms with Crippen LogP contribution in [0, 0.1) is 18.6 Å². The number of amides is 2. The van der Waals surface area contributed by atoms with Gasteiger partial charge in [0.2, 0.25) is 5.89 Å². The normalized spacial score (nSPS) is 12.3. The van der Waals surface area contributed by atoms with Gasteiger partial charge in [0.15, 0.2) is 22.3 Å². The number of aryl methyl sites for hydroxylation is 1. The lowest BCUT2D eigenvalue weighted by Gasteiger charge is -2.24. The molecule has 2 aromatic carbocycles. The van der Waals surface area contributed by atoms with Crippen molar-refractivity contribution in [2.75, 3.05) is 6.54 Å². The predicted octanol–water partition coefficient (Wildman–Crippen LogP) is 5.84. The van der Waals surface area contributed by atoms with E-state index in [2.05, 4.69) is 26.0 Å². The second-order valence-electron chi connectivity index (χ2n) is 9.00. The van der Waals surface area contributed by atoms with E-state index in [4.69, 9.17) is 14.9 Å². The van der Waals surface area contributed by atoms with Gasteiger partial charge in [-0.3, -0.25) is 14.4 Å². The van der Waals surface area contributed by atoms with Gasteiger partial charge in [-0.2, -0.15) is 18.3 Å². The van der Waals surface area contributed by atoms with Crippen molar-refractivity contribution in [3.63, 3.8) is 0 Å². The number of rotatable bonds is 9. The molecule has 0 saturated carbocycles. The highest BCUT2D eigenvalue weighted by molar-refractivity contribution is 9.10. The number of nitrogens with zero attached hydrogens (tertiary/aromatic N) is 4. The first-order valence-electron chi connectivity index (χ1n) is 11.9. The van der Waals surface area contributed by atoms with Crippen molar-refractivity contribution >= 4 is 27.9 Å². The Balaban J connectivity index is 1.75. The number of ether oxygens (including phenoxy) is 1. The van der Waals surface area contributed by atoms with E-state index in [-0.39, 0.29) is 28.4 Å². The molecular formula is C26H21BrF5N5O5. The highest BCUT2D eigenvalue weighted by atomic mass is 79.9. The van der Waals surface area contributed by atoms with Crippen LogP contribution >= 0.6 is 15.9 Å². The molecule has 0 bridgehead atoms. The maximum Gasteiger partial charge on any atom is 0.416 e. The first-order chi connectivity index (χ1) is 19.7. The Labute approximate surface area is 242 Å². The maximum absolute atomic E-state index is 15.1. The summed E-state index contributed by atoms with van der Waals surface area (Å²) < 4.78 is 81.1. The van der Waals surface area contributed by atoms with Crippen molar-refractivity contribution < 1.29 is 45.8 Å². The molecule has 1 atom stereocenters. The molecule has 1 unspecified atom stereocenters. The zero-order chi connectivity index (χ0) is 30.9. The Kier molecular flexibility index (Phi) is 8.56. The minimum atomic E-state index is -4.57. The highest BCUT2D eigenvalue weighted by Gasteiger charge is 2.32. The number of nitrogens with two attached hydrogens (primary N) is 1. The molecule has 0 spiro atoms. The molecule has 222 valence electrons. The molecule has 2 aromatic heterocycles. The van der Waals surface area contributed by atoms with Crippen LogP contribution in [0.3, 0.4) is 0 Å². The van der Waals surface area contributed by atoms with E-state index in [1.807, 2.05) is 0 Å². The lowest BCUT2D eigenvalue weighted by molar-refractivity contribution is -0.137. The van der Waals surface area contributed by atoms with E-state index >= 15 is 4.39 Å². The van der Waals surface area contributed by atoms with Crippen molar-refractivity contribution in [3.05, 3.63) is 87.2 Å². The van der Waals surface area contributed by atoms with E-state index in [1.54, 1.807) is 14.0 Å². The van der Waals surface area contributed by atoms with E-state index in [1.165, 1.54) is 10.9 Å². The number of primary amides is 1. The van der Waals surface area contributed by atoms with E-state index in [9.17, 15) is 32.3 Å². The third-order valence-electron chi connectivity index (χ3n) is 6.29. The van der Waals surface area contributed by atoms with Crippen LogP contribution in [0.4, 0.5) is 26.7 Å². The van der Waals surface area contributed by atoms with Crippen LogP contribution in [0.2, 0.25) is 0 Å². The summed E-state index contributed by atoms with van der Waals surface area (Å²) in [4.78, 5) is 29.0. The first kappa shape index (κ1) is 30.5. The van der Waals surface area contributed by atoms with Gasteiger partial charge in [0, 0.05) is 23.9 Å². The Morgan fingerprint density at radius 1 is 1.19 bits per heavy atom. The zero-order valence-electron chi connectivity index (χ0n) is 21.7. The Bertz CT molecular complexity index is 1640. The van der Waals surface area contributed by atoms with Gasteiger partial charge in [-0.15, -0.1) is 0 Å². The third-order valence-corrected chi connectivity index (χ3v) is 6.83. The minimum Gasteiger partial charge on any atom is -0.476 e. The summed E-state index contributed by atoms with van der Waals surface area (Å²) in [7, 11) is 1.66. The van der Waals surface area contributed by atoms with Crippen molar-refractivity contribution in [2.24, 2.45) is 12.8 Å². The number of carbonyl (C=O) groups excluding carboxylic acids is 1. The molecule has 0 aliphatic rings. The summed E-state index contributed by atoms with van der Waals surface area (Å²) >= 11 is 3.15. The standard InChI is InChI=1S/C26H21BrF5N5O5/c1-12-14(9-34-36(12)2)10-37(25(39)40)11-18(41-17-8-7-16(28)19(20(17)29)23(33)38)24-35-21(22(27)42-24)13-3-5-15(6-4-13)26(30,31)32/h3-9,18H,10-11H2,1-2H3,(H2,33,38)(H,39,40). The quantitative estimate of drug-likeness (QED) is 0.216. The summed E-state index contributed by atoms with van der Waals surface area (Å²) in [6.45, 7) is 1.02. The molecule has 2 heterocycles. The average Bonchev–Trinajstić information content (AvgIpc) is 3.45. The topological polar surface area (TPSA) is 137 Å². The molecule has 0 fully saturated rings. The summed E-state index contributed by atoms with van der Waals surface area (Å²) in [5, 5.41) is 14.0. The SMILES string of the molecule is Cc1c(CN(CC(Oc2ccc(F)c(C(N)=O)c2F)c2nc(-c3ccc(C(F)(F)F)cc3)c(Br)o2)C(=O)O)cnn1C. The van der Waals surface area contributed by atoms with Crippen molar-refractivity contribution in [2.45, 2.75) is 25.7 Å². The van der Waals surface area contributed by atoms with E-state index in [0.717, 1.165) is 41.3 Å². The Morgan fingerprint density at radius 3 is 2.40 bits per heavy atom. The van der Waals surface area contributed by atoms with Crippen molar-refractivity contribution in [1.29, 1.82) is 0 Å². The number of halogens is 6. The number of hydrogen-bond donors (Lipinski definition) is 2. The Hall–Kier alpha value is -4.47. The largest absolute Gasteiger partial charge is 0.476 e. The van der Waals surface area contributed by atoms with Crippen LogP contribution in [0.1, 0.15) is 39.2 Å². The minimum absolute atomic E-state index is 0.0368. The third kappa shape index (κ3) is 6.37. The molecule has 2 amide bonds. The van der Waals surface area contributed by atoms with Gasteiger partial charge in [0.1, 0.15) is 17.1 Å². The smallest absolute Gasteiger partial charge is 0.416 e. The summed E-state index contributed by atoms with van der Waals surface area (Å²) in [6.07, 6.45) is -6.01. The lowest BCUT2D eigenvalue weighted by Crippen LogP contribution is -2.35. The molecule has 3 N–H and O–H groups in total.